The topological polar surface area (TPSA) is 64.4 Å². The highest BCUT2D eigenvalue weighted by Gasteiger charge is 2.27. The van der Waals surface area contributed by atoms with E-state index in [-0.39, 0.29) is 4.95 Å². The molecule has 0 saturated carbocycles. The first-order chi connectivity index (χ1) is 4.20. The summed E-state index contributed by atoms with van der Waals surface area (Å²) in [5.74, 6) is -0.426. The van der Waals surface area contributed by atoms with E-state index in [1.165, 1.54) is 0 Å². The predicted molar refractivity (Wildman–Crippen MR) is 34.5 cm³/mol. The van der Waals surface area contributed by atoms with Crippen LogP contribution < -0.4 is 11.2 Å². The maximum Gasteiger partial charge on any atom is 0.248 e. The summed E-state index contributed by atoms with van der Waals surface area (Å²) in [6.45, 7) is 0. The Morgan fingerprint density at radius 2 is 2.56 bits per heavy atom. The Bertz CT molecular complexity index is 130. The van der Waals surface area contributed by atoms with Gasteiger partial charge in [0, 0.05) is 6.42 Å². The predicted octanol–water partition coefficient (Wildman–Crippen LogP) is -0.514. The minimum atomic E-state index is -0.477. The number of primary amides is 1. The highest BCUT2D eigenvalue weighted by Crippen LogP contribution is 2.14. The molecule has 52 valence electrons. The van der Waals surface area contributed by atoms with E-state index in [4.69, 9.17) is 10.6 Å². The molecular formula is C4H7BrN2O2. The maximum absolute atomic E-state index is 10.4. The number of hydrogen-bond donors (Lipinski definition) is 2. The van der Waals surface area contributed by atoms with Crippen LogP contribution in [0.5, 0.6) is 0 Å². The monoisotopic (exact) mass is 194 g/mol. The number of carbonyl (C=O) groups is 1. The lowest BCUT2D eigenvalue weighted by atomic mass is 10.3. The highest BCUT2D eigenvalue weighted by atomic mass is 79.9. The zero-order valence-corrected chi connectivity index (χ0v) is 6.22. The zero-order chi connectivity index (χ0) is 6.85. The van der Waals surface area contributed by atoms with Crippen molar-refractivity contribution in [2.24, 2.45) is 5.73 Å². The van der Waals surface area contributed by atoms with Crippen LogP contribution in [0.15, 0.2) is 0 Å². The van der Waals surface area contributed by atoms with Crippen molar-refractivity contribution < 1.29 is 9.63 Å². The minimum absolute atomic E-state index is 0.0509. The molecule has 0 radical (unpaired) electrons. The maximum atomic E-state index is 10.4. The second-order valence-corrected chi connectivity index (χ2v) is 2.94. The number of hydroxylamine groups is 1. The number of halogens is 1. The smallest absolute Gasteiger partial charge is 0.248 e. The van der Waals surface area contributed by atoms with E-state index in [0.717, 1.165) is 0 Å². The van der Waals surface area contributed by atoms with Crippen molar-refractivity contribution in [1.82, 2.24) is 5.48 Å². The number of nitrogens with one attached hydrogen (secondary N) is 1. The number of alkyl halides is 1. The molecule has 1 aliphatic rings. The van der Waals surface area contributed by atoms with Gasteiger partial charge in [-0.05, 0) is 0 Å². The molecule has 1 aliphatic heterocycles. The SMILES string of the molecule is NC(=O)C1CC(Br)NO1. The third-order valence-corrected chi connectivity index (χ3v) is 1.64. The van der Waals surface area contributed by atoms with Gasteiger partial charge >= 0.3 is 0 Å². The molecule has 0 aromatic carbocycles. The van der Waals surface area contributed by atoms with E-state index in [0.29, 0.717) is 6.42 Å². The standard InChI is InChI=1S/C4H7BrN2O2/c5-3-1-2(4(6)8)9-7-3/h2-3,7H,1H2,(H2,6,8). The lowest BCUT2D eigenvalue weighted by molar-refractivity contribution is -0.129. The van der Waals surface area contributed by atoms with Crippen LogP contribution in [-0.2, 0) is 9.63 Å². The van der Waals surface area contributed by atoms with Crippen molar-refractivity contribution in [2.75, 3.05) is 0 Å². The lowest BCUT2D eigenvalue weighted by Crippen LogP contribution is -2.28. The number of rotatable bonds is 1. The number of amides is 1. The Balaban J connectivity index is 2.39. The molecule has 2 unspecified atom stereocenters. The van der Waals surface area contributed by atoms with Crippen molar-refractivity contribution in [3.63, 3.8) is 0 Å². The largest absolute Gasteiger partial charge is 0.367 e. The molecule has 4 nitrogen and oxygen atoms in total. The Morgan fingerprint density at radius 1 is 1.89 bits per heavy atom. The molecule has 1 heterocycles. The summed E-state index contributed by atoms with van der Waals surface area (Å²) in [6.07, 6.45) is 0.115. The summed E-state index contributed by atoms with van der Waals surface area (Å²) in [4.78, 5) is 15.2. The van der Waals surface area contributed by atoms with Gasteiger partial charge in [0.05, 0.1) is 4.95 Å². The van der Waals surface area contributed by atoms with E-state index in [1.54, 1.807) is 0 Å². The Hall–Kier alpha value is -0.130. The Labute approximate surface area is 60.8 Å². The van der Waals surface area contributed by atoms with Gasteiger partial charge in [0.15, 0.2) is 6.10 Å². The van der Waals surface area contributed by atoms with Crippen molar-refractivity contribution in [3.05, 3.63) is 0 Å². The highest BCUT2D eigenvalue weighted by molar-refractivity contribution is 9.09. The van der Waals surface area contributed by atoms with Crippen LogP contribution in [0.4, 0.5) is 0 Å². The molecule has 9 heavy (non-hydrogen) atoms. The summed E-state index contributed by atoms with van der Waals surface area (Å²) in [7, 11) is 0. The van der Waals surface area contributed by atoms with Crippen molar-refractivity contribution in [3.8, 4) is 0 Å². The fourth-order valence-electron chi connectivity index (χ4n) is 0.614. The minimum Gasteiger partial charge on any atom is -0.367 e. The Morgan fingerprint density at radius 3 is 2.78 bits per heavy atom. The van der Waals surface area contributed by atoms with Crippen LogP contribution >= 0.6 is 15.9 Å². The number of carbonyl (C=O) groups excluding carboxylic acids is 1. The van der Waals surface area contributed by atoms with E-state index in [9.17, 15) is 4.79 Å². The van der Waals surface area contributed by atoms with Crippen LogP contribution in [0.2, 0.25) is 0 Å². The first-order valence-corrected chi connectivity index (χ1v) is 3.46. The summed E-state index contributed by atoms with van der Waals surface area (Å²) in [5, 5.41) is 0. The summed E-state index contributed by atoms with van der Waals surface area (Å²) in [6, 6.07) is 0. The number of nitrogens with two attached hydrogens (primary N) is 1. The van der Waals surface area contributed by atoms with Gasteiger partial charge in [-0.15, -0.1) is 0 Å². The molecule has 0 spiro atoms. The zero-order valence-electron chi connectivity index (χ0n) is 4.63. The van der Waals surface area contributed by atoms with E-state index in [1.807, 2.05) is 0 Å². The molecule has 0 bridgehead atoms. The van der Waals surface area contributed by atoms with Crippen molar-refractivity contribution in [1.29, 1.82) is 0 Å². The molecule has 0 aromatic heterocycles. The first-order valence-electron chi connectivity index (χ1n) is 2.54. The molecule has 1 rings (SSSR count). The molecule has 1 saturated heterocycles. The fourth-order valence-corrected chi connectivity index (χ4v) is 1.06. The molecular weight excluding hydrogens is 188 g/mol. The second kappa shape index (κ2) is 2.64. The van der Waals surface area contributed by atoms with Gasteiger partial charge in [-0.25, -0.2) is 0 Å². The molecule has 1 fully saturated rings. The van der Waals surface area contributed by atoms with Crippen LogP contribution in [0.25, 0.3) is 0 Å². The van der Waals surface area contributed by atoms with Gasteiger partial charge in [-0.1, -0.05) is 15.9 Å². The van der Waals surface area contributed by atoms with E-state index < -0.39 is 12.0 Å². The average molecular weight is 195 g/mol. The van der Waals surface area contributed by atoms with Gasteiger partial charge in [-0.3, -0.25) is 9.63 Å². The average Bonchev–Trinajstić information content (AvgIpc) is 2.14. The molecule has 0 aromatic rings. The fraction of sp³-hybridized carbons (Fsp3) is 0.750. The molecule has 5 heteroatoms. The molecule has 1 amide bonds. The summed E-state index contributed by atoms with van der Waals surface area (Å²) < 4.78 is 0. The molecule has 3 N–H and O–H groups in total. The van der Waals surface area contributed by atoms with Crippen LogP contribution in [0, 0.1) is 0 Å². The van der Waals surface area contributed by atoms with Crippen LogP contribution in [0.1, 0.15) is 6.42 Å². The summed E-state index contributed by atoms with van der Waals surface area (Å²) >= 11 is 3.20. The quantitative estimate of drug-likeness (QED) is 0.437. The number of hydrogen-bond acceptors (Lipinski definition) is 3. The first kappa shape index (κ1) is 6.98. The second-order valence-electron chi connectivity index (χ2n) is 1.83. The third-order valence-electron chi connectivity index (χ3n) is 1.08. The van der Waals surface area contributed by atoms with Gasteiger partial charge in [0.1, 0.15) is 0 Å². The van der Waals surface area contributed by atoms with Gasteiger partial charge < -0.3 is 5.73 Å². The van der Waals surface area contributed by atoms with Gasteiger partial charge in [0.25, 0.3) is 0 Å². The Kier molecular flexibility index (Phi) is 2.05. The van der Waals surface area contributed by atoms with E-state index in [2.05, 4.69) is 21.4 Å². The van der Waals surface area contributed by atoms with Gasteiger partial charge in [-0.2, -0.15) is 5.48 Å². The van der Waals surface area contributed by atoms with Crippen molar-refractivity contribution >= 4 is 21.8 Å². The molecule has 2 atom stereocenters. The molecule has 0 aliphatic carbocycles. The van der Waals surface area contributed by atoms with Crippen molar-refractivity contribution in [2.45, 2.75) is 17.5 Å². The van der Waals surface area contributed by atoms with Crippen LogP contribution in [-0.4, -0.2) is 17.0 Å². The lowest BCUT2D eigenvalue weighted by Gasteiger charge is -1.98. The third kappa shape index (κ3) is 1.64. The van der Waals surface area contributed by atoms with Gasteiger partial charge in [0.2, 0.25) is 5.91 Å². The van der Waals surface area contributed by atoms with Crippen LogP contribution in [0.3, 0.4) is 0 Å². The van der Waals surface area contributed by atoms with E-state index >= 15 is 0 Å². The normalized spacial score (nSPS) is 34.8. The summed E-state index contributed by atoms with van der Waals surface area (Å²) in [5.41, 5.74) is 7.50.